The predicted molar refractivity (Wildman–Crippen MR) is 104 cm³/mol. The van der Waals surface area contributed by atoms with Crippen LogP contribution in [-0.4, -0.2) is 23.6 Å². The first-order chi connectivity index (χ1) is 13.1. The number of nitriles is 1. The molecular formula is C19H12ClN3O3S. The Labute approximate surface area is 164 Å². The lowest BCUT2D eigenvalue weighted by molar-refractivity contribution is -0.115. The Bertz CT molecular complexity index is 994. The van der Waals surface area contributed by atoms with Crippen molar-refractivity contribution in [1.29, 1.82) is 5.26 Å². The summed E-state index contributed by atoms with van der Waals surface area (Å²) in [6.45, 7) is -0.0954. The third-order valence-corrected chi connectivity index (χ3v) is 4.60. The van der Waals surface area contributed by atoms with E-state index >= 15 is 0 Å². The Morgan fingerprint density at radius 2 is 2.00 bits per heavy atom. The van der Waals surface area contributed by atoms with E-state index < -0.39 is 5.91 Å². The van der Waals surface area contributed by atoms with Crippen LogP contribution < -0.4 is 10.1 Å². The van der Waals surface area contributed by atoms with Crippen LogP contribution in [0, 0.1) is 11.3 Å². The van der Waals surface area contributed by atoms with E-state index in [0.29, 0.717) is 26.8 Å². The Morgan fingerprint density at radius 1 is 1.26 bits per heavy atom. The highest BCUT2D eigenvalue weighted by atomic mass is 35.5. The maximum atomic E-state index is 12.2. The Kier molecular flexibility index (Phi) is 5.91. The molecule has 6 nitrogen and oxygen atoms in total. The van der Waals surface area contributed by atoms with E-state index in [9.17, 15) is 9.59 Å². The fourth-order valence-electron chi connectivity index (χ4n) is 2.21. The SMILES string of the molecule is N#CCOc1ccccc1/C=C1\SC(=NC(=O)c2ccc(Cl)cc2)NC1=O. The van der Waals surface area contributed by atoms with Gasteiger partial charge in [0, 0.05) is 16.1 Å². The van der Waals surface area contributed by atoms with Gasteiger partial charge in [-0.25, -0.2) is 0 Å². The molecule has 1 heterocycles. The minimum Gasteiger partial charge on any atom is -0.478 e. The molecule has 1 fully saturated rings. The number of thioether (sulfide) groups is 1. The van der Waals surface area contributed by atoms with Crippen LogP contribution in [0.25, 0.3) is 6.08 Å². The standard InChI is InChI=1S/C19H12ClN3O3S/c20-14-7-5-12(6-8-14)17(24)22-19-23-18(25)16(27-19)11-13-3-1-2-4-15(13)26-10-9-21/h1-8,11H,10H2,(H,22,23,24,25)/b16-11-. The highest BCUT2D eigenvalue weighted by Gasteiger charge is 2.25. The van der Waals surface area contributed by atoms with Crippen LogP contribution in [0.2, 0.25) is 5.02 Å². The molecule has 0 aromatic heterocycles. The summed E-state index contributed by atoms with van der Waals surface area (Å²) >= 11 is 6.86. The average molecular weight is 398 g/mol. The summed E-state index contributed by atoms with van der Waals surface area (Å²) in [5, 5.41) is 11.9. The second-order valence-corrected chi connectivity index (χ2v) is 6.75. The fourth-order valence-corrected chi connectivity index (χ4v) is 3.15. The summed E-state index contributed by atoms with van der Waals surface area (Å²) in [7, 11) is 0. The summed E-state index contributed by atoms with van der Waals surface area (Å²) in [6, 6.07) is 15.3. The van der Waals surface area contributed by atoms with E-state index in [1.807, 2.05) is 6.07 Å². The molecule has 1 aliphatic rings. The third-order valence-electron chi connectivity index (χ3n) is 3.44. The number of carbonyl (C=O) groups is 2. The number of hydrogen-bond donors (Lipinski definition) is 1. The minimum atomic E-state index is -0.478. The van der Waals surface area contributed by atoms with E-state index in [4.69, 9.17) is 21.6 Å². The van der Waals surface area contributed by atoms with E-state index in [-0.39, 0.29) is 17.7 Å². The lowest BCUT2D eigenvalue weighted by Gasteiger charge is -2.05. The zero-order valence-electron chi connectivity index (χ0n) is 13.8. The van der Waals surface area contributed by atoms with Crippen molar-refractivity contribution in [2.75, 3.05) is 6.61 Å². The first kappa shape index (κ1) is 18.7. The molecule has 1 N–H and O–H groups in total. The molecule has 27 heavy (non-hydrogen) atoms. The van der Waals surface area contributed by atoms with Crippen LogP contribution >= 0.6 is 23.4 Å². The van der Waals surface area contributed by atoms with Gasteiger partial charge in [-0.3, -0.25) is 9.59 Å². The van der Waals surface area contributed by atoms with Crippen molar-refractivity contribution in [3.05, 3.63) is 69.6 Å². The number of benzene rings is 2. The number of carbonyl (C=O) groups excluding carboxylic acids is 2. The van der Waals surface area contributed by atoms with Gasteiger partial charge in [-0.1, -0.05) is 29.8 Å². The van der Waals surface area contributed by atoms with E-state index in [1.54, 1.807) is 54.6 Å². The van der Waals surface area contributed by atoms with Gasteiger partial charge in [0.15, 0.2) is 11.8 Å². The molecule has 134 valence electrons. The van der Waals surface area contributed by atoms with Gasteiger partial charge in [0.05, 0.1) is 4.91 Å². The van der Waals surface area contributed by atoms with Crippen molar-refractivity contribution in [3.63, 3.8) is 0 Å². The molecule has 3 rings (SSSR count). The molecule has 0 radical (unpaired) electrons. The van der Waals surface area contributed by atoms with Crippen LogP contribution in [-0.2, 0) is 4.79 Å². The van der Waals surface area contributed by atoms with Crippen molar-refractivity contribution >= 4 is 46.4 Å². The molecule has 1 aliphatic heterocycles. The van der Waals surface area contributed by atoms with E-state index in [1.165, 1.54) is 0 Å². The van der Waals surface area contributed by atoms with Crippen molar-refractivity contribution in [2.45, 2.75) is 0 Å². The largest absolute Gasteiger partial charge is 0.478 e. The highest BCUT2D eigenvalue weighted by Crippen LogP contribution is 2.29. The number of hydrogen-bond acceptors (Lipinski definition) is 5. The maximum Gasteiger partial charge on any atom is 0.279 e. The maximum absolute atomic E-state index is 12.2. The number of halogens is 1. The quantitative estimate of drug-likeness (QED) is 0.795. The molecule has 2 aromatic carbocycles. The molecule has 0 atom stereocenters. The molecule has 2 aromatic rings. The Hall–Kier alpha value is -3.08. The van der Waals surface area contributed by atoms with Gasteiger partial charge in [-0.05, 0) is 48.2 Å². The topological polar surface area (TPSA) is 91.5 Å². The lowest BCUT2D eigenvalue weighted by Crippen LogP contribution is -2.20. The van der Waals surface area contributed by atoms with Crippen molar-refractivity contribution < 1.29 is 14.3 Å². The first-order valence-corrected chi connectivity index (χ1v) is 8.94. The van der Waals surface area contributed by atoms with Gasteiger partial charge in [-0.2, -0.15) is 10.3 Å². The molecule has 8 heteroatoms. The number of nitrogens with one attached hydrogen (secondary N) is 1. The van der Waals surface area contributed by atoms with E-state index in [2.05, 4.69) is 10.3 Å². The predicted octanol–water partition coefficient (Wildman–Crippen LogP) is 3.64. The summed E-state index contributed by atoms with van der Waals surface area (Å²) in [5.74, 6) is -0.353. The highest BCUT2D eigenvalue weighted by molar-refractivity contribution is 8.18. The zero-order valence-corrected chi connectivity index (χ0v) is 15.4. The fraction of sp³-hybridized carbons (Fsp3) is 0.0526. The molecule has 0 bridgehead atoms. The van der Waals surface area contributed by atoms with Gasteiger partial charge in [0.2, 0.25) is 0 Å². The Morgan fingerprint density at radius 3 is 2.74 bits per heavy atom. The molecule has 0 spiro atoms. The minimum absolute atomic E-state index is 0.0954. The molecule has 0 unspecified atom stereocenters. The summed E-state index contributed by atoms with van der Waals surface area (Å²) in [6.07, 6.45) is 1.63. The van der Waals surface area contributed by atoms with Crippen LogP contribution in [0.15, 0.2) is 58.4 Å². The molecule has 0 saturated carbocycles. The lowest BCUT2D eigenvalue weighted by atomic mass is 10.2. The number of amidine groups is 1. The molecular weight excluding hydrogens is 386 g/mol. The molecule has 2 amide bonds. The number of rotatable bonds is 4. The van der Waals surface area contributed by atoms with Crippen LogP contribution in [0.5, 0.6) is 5.75 Å². The second-order valence-electron chi connectivity index (χ2n) is 5.28. The summed E-state index contributed by atoms with van der Waals surface area (Å²) in [5.41, 5.74) is 1.02. The summed E-state index contributed by atoms with van der Waals surface area (Å²) in [4.78, 5) is 28.7. The van der Waals surface area contributed by atoms with Crippen LogP contribution in [0.3, 0.4) is 0 Å². The number of para-hydroxylation sites is 1. The van der Waals surface area contributed by atoms with Gasteiger partial charge >= 0.3 is 0 Å². The average Bonchev–Trinajstić information content (AvgIpc) is 3.00. The number of amides is 2. The number of nitrogens with zero attached hydrogens (tertiary/aromatic N) is 2. The molecule has 1 saturated heterocycles. The van der Waals surface area contributed by atoms with Crippen molar-refractivity contribution in [1.82, 2.24) is 5.32 Å². The zero-order chi connectivity index (χ0) is 19.2. The smallest absolute Gasteiger partial charge is 0.279 e. The third kappa shape index (κ3) is 4.76. The monoisotopic (exact) mass is 397 g/mol. The number of ether oxygens (including phenoxy) is 1. The summed E-state index contributed by atoms with van der Waals surface area (Å²) < 4.78 is 5.35. The first-order valence-electron chi connectivity index (χ1n) is 7.75. The second kappa shape index (κ2) is 8.54. The van der Waals surface area contributed by atoms with Crippen LogP contribution in [0.4, 0.5) is 0 Å². The number of aliphatic imine (C=N–C) groups is 1. The van der Waals surface area contributed by atoms with Crippen LogP contribution in [0.1, 0.15) is 15.9 Å². The van der Waals surface area contributed by atoms with Gasteiger partial charge in [0.25, 0.3) is 11.8 Å². The Balaban J connectivity index is 1.79. The van der Waals surface area contributed by atoms with Crippen molar-refractivity contribution in [3.8, 4) is 11.8 Å². The van der Waals surface area contributed by atoms with E-state index in [0.717, 1.165) is 11.8 Å². The van der Waals surface area contributed by atoms with Gasteiger partial charge in [0.1, 0.15) is 11.8 Å². The van der Waals surface area contributed by atoms with Gasteiger partial charge < -0.3 is 10.1 Å². The molecule has 0 aliphatic carbocycles. The van der Waals surface area contributed by atoms with Gasteiger partial charge in [-0.15, -0.1) is 0 Å². The normalized spacial score (nSPS) is 16.2. The van der Waals surface area contributed by atoms with Crippen molar-refractivity contribution in [2.24, 2.45) is 4.99 Å².